The zero-order valence-corrected chi connectivity index (χ0v) is 25.3. The smallest absolute Gasteiger partial charge is 0.385 e. The van der Waals surface area contributed by atoms with Crippen molar-refractivity contribution in [3.8, 4) is 34.5 Å². The lowest BCUT2D eigenvalue weighted by molar-refractivity contribution is 0.285. The molecule has 0 fully saturated rings. The third-order valence-corrected chi connectivity index (χ3v) is 10.8. The Labute approximate surface area is 249 Å². The van der Waals surface area contributed by atoms with E-state index in [2.05, 4.69) is 76.3 Å². The first-order chi connectivity index (χ1) is 20.6. The topological polar surface area (TPSA) is 40.2 Å². The quantitative estimate of drug-likeness (QED) is 0.191. The monoisotopic (exact) mass is 589 g/mol. The van der Waals surface area contributed by atoms with Gasteiger partial charge in [-0.25, -0.2) is 4.67 Å². The van der Waals surface area contributed by atoms with Gasteiger partial charge in [-0.15, -0.1) is 9.24 Å². The third kappa shape index (κ3) is 3.67. The molecule has 7 heteroatoms. The number of ether oxygens (including phenoxy) is 2. The molecule has 0 amide bonds. The van der Waals surface area contributed by atoms with E-state index in [9.17, 15) is 0 Å². The number of fused-ring (bicyclic) bond motifs is 2. The lowest BCUT2D eigenvalue weighted by Gasteiger charge is -2.47. The lowest BCUT2D eigenvalue weighted by Crippen LogP contribution is -2.39. The van der Waals surface area contributed by atoms with Crippen LogP contribution in [0.4, 0.5) is 0 Å². The number of benzene rings is 5. The van der Waals surface area contributed by atoms with E-state index in [1.165, 1.54) is 5.56 Å². The Morgan fingerprint density at radius 1 is 0.571 bits per heavy atom. The minimum absolute atomic E-state index is 0.0297. The van der Waals surface area contributed by atoms with Gasteiger partial charge in [-0.2, -0.15) is 0 Å². The maximum atomic E-state index is 7.06. The highest BCUT2D eigenvalue weighted by atomic mass is 31.2. The van der Waals surface area contributed by atoms with E-state index in [0.717, 1.165) is 56.8 Å². The predicted octanol–water partition coefficient (Wildman–Crippen LogP) is 9.56. The molecule has 3 aliphatic heterocycles. The largest absolute Gasteiger partial charge is 0.457 e. The molecule has 5 aromatic rings. The van der Waals surface area contributed by atoms with Crippen LogP contribution in [0.25, 0.3) is 0 Å². The van der Waals surface area contributed by atoms with Gasteiger partial charge in [0.2, 0.25) is 0 Å². The van der Waals surface area contributed by atoms with Crippen molar-refractivity contribution in [3.63, 3.8) is 0 Å². The Balaban J connectivity index is 1.43. The summed E-state index contributed by atoms with van der Waals surface area (Å²) < 4.78 is 29.7. The van der Waals surface area contributed by atoms with E-state index < -0.39 is 13.9 Å². The van der Waals surface area contributed by atoms with Crippen LogP contribution < -0.4 is 18.5 Å². The molecule has 3 heterocycles. The SMILES string of the molecule is C[C@@H](P)N([C@@H](C)c1ccccc1)P1Oc2cccc3c2C2(c4ccccc4O3)c3ccccc3Oc3cccc(c32)O1. The summed E-state index contributed by atoms with van der Waals surface area (Å²) in [4.78, 5) is 0. The van der Waals surface area contributed by atoms with Crippen LogP contribution in [0.1, 0.15) is 47.7 Å². The van der Waals surface area contributed by atoms with E-state index in [4.69, 9.17) is 18.5 Å². The average Bonchev–Trinajstić information content (AvgIpc) is 3.00. The minimum Gasteiger partial charge on any atom is -0.457 e. The van der Waals surface area contributed by atoms with Crippen LogP contribution in [0.2, 0.25) is 0 Å². The van der Waals surface area contributed by atoms with Crippen LogP contribution in [0, 0.1) is 0 Å². The summed E-state index contributed by atoms with van der Waals surface area (Å²) in [6, 6.07) is 39.2. The van der Waals surface area contributed by atoms with Gasteiger partial charge in [0.25, 0.3) is 0 Å². The molecule has 3 atom stereocenters. The molecule has 0 saturated carbocycles. The maximum absolute atomic E-state index is 7.06. The van der Waals surface area contributed by atoms with Crippen molar-refractivity contribution in [3.05, 3.63) is 143 Å². The molecule has 0 saturated heterocycles. The molecule has 1 unspecified atom stereocenters. The second-order valence-electron chi connectivity index (χ2n) is 10.8. The van der Waals surface area contributed by atoms with Gasteiger partial charge in [-0.1, -0.05) is 78.9 Å². The maximum Gasteiger partial charge on any atom is 0.385 e. The molecular weight excluding hydrogens is 560 g/mol. The molecule has 0 aliphatic carbocycles. The number of nitrogens with zero attached hydrogens (tertiary/aromatic N) is 1. The van der Waals surface area contributed by atoms with Crippen LogP contribution in [0.3, 0.4) is 0 Å². The van der Waals surface area contributed by atoms with Crippen molar-refractivity contribution in [1.82, 2.24) is 4.67 Å². The average molecular weight is 590 g/mol. The second kappa shape index (κ2) is 9.85. The number of hydrogen-bond acceptors (Lipinski definition) is 5. The van der Waals surface area contributed by atoms with Gasteiger partial charge in [0, 0.05) is 23.0 Å². The Morgan fingerprint density at radius 2 is 1.02 bits per heavy atom. The first-order valence-corrected chi connectivity index (χ1v) is 15.9. The van der Waals surface area contributed by atoms with E-state index in [1.807, 2.05) is 66.7 Å². The molecule has 0 N–H and O–H groups in total. The van der Waals surface area contributed by atoms with Gasteiger partial charge in [-0.05, 0) is 55.8 Å². The number of para-hydroxylation sites is 2. The van der Waals surface area contributed by atoms with Crippen molar-refractivity contribution in [2.24, 2.45) is 0 Å². The van der Waals surface area contributed by atoms with E-state index in [1.54, 1.807) is 0 Å². The van der Waals surface area contributed by atoms with Crippen molar-refractivity contribution in [2.45, 2.75) is 31.1 Å². The van der Waals surface area contributed by atoms with E-state index >= 15 is 0 Å². The van der Waals surface area contributed by atoms with Crippen molar-refractivity contribution in [1.29, 1.82) is 0 Å². The molecule has 5 nitrogen and oxygen atoms in total. The van der Waals surface area contributed by atoms with Gasteiger partial charge < -0.3 is 18.5 Å². The summed E-state index contributed by atoms with van der Waals surface area (Å²) in [5, 5.41) is 0. The lowest BCUT2D eigenvalue weighted by atomic mass is 9.62. The van der Waals surface area contributed by atoms with Crippen LogP contribution >= 0.6 is 17.8 Å². The van der Waals surface area contributed by atoms with Gasteiger partial charge in [0.1, 0.15) is 34.5 Å². The van der Waals surface area contributed by atoms with Crippen LogP contribution in [0.5, 0.6) is 34.5 Å². The Kier molecular flexibility index (Phi) is 6.05. The standard InChI is InChI=1S/C35H29NO4P2/c1-22(24-12-4-3-5-13-24)36(23(2)41)42-39-31-20-10-18-29-33(31)35(25-14-6-8-16-27(25)37-29)26-15-7-9-17-28(26)38-30-19-11-21-32(40-42)34(30)35/h3-23H,41H2,1-2H3/t22-,23+,35?/m0/s1. The van der Waals surface area contributed by atoms with Gasteiger partial charge in [-0.3, -0.25) is 0 Å². The van der Waals surface area contributed by atoms with Crippen molar-refractivity contribution >= 4 is 17.8 Å². The molecule has 5 aromatic carbocycles. The first-order valence-electron chi connectivity index (χ1n) is 14.1. The molecule has 42 heavy (non-hydrogen) atoms. The highest BCUT2D eigenvalue weighted by Gasteiger charge is 2.55. The zero-order valence-electron chi connectivity index (χ0n) is 23.2. The third-order valence-electron chi connectivity index (χ3n) is 8.39. The molecule has 3 aliphatic rings. The fourth-order valence-corrected chi connectivity index (χ4v) is 8.83. The molecule has 0 aromatic heterocycles. The fourth-order valence-electron chi connectivity index (χ4n) is 6.67. The molecule has 8 rings (SSSR count). The summed E-state index contributed by atoms with van der Waals surface area (Å²) in [7, 11) is 1.32. The Hall–Kier alpha value is -3.88. The predicted molar refractivity (Wildman–Crippen MR) is 169 cm³/mol. The Bertz CT molecular complexity index is 1720. The Morgan fingerprint density at radius 3 is 1.55 bits per heavy atom. The van der Waals surface area contributed by atoms with Gasteiger partial charge >= 0.3 is 8.53 Å². The van der Waals surface area contributed by atoms with Crippen LogP contribution in [0.15, 0.2) is 115 Å². The first kappa shape index (κ1) is 25.8. The summed E-state index contributed by atoms with van der Waals surface area (Å²) in [6.07, 6.45) is 0. The highest BCUT2D eigenvalue weighted by Crippen LogP contribution is 2.68. The molecule has 1 spiro atoms. The molecule has 0 bridgehead atoms. The summed E-state index contributed by atoms with van der Waals surface area (Å²) in [5.41, 5.74) is 4.41. The summed E-state index contributed by atoms with van der Waals surface area (Å²) in [6.45, 7) is 4.36. The highest BCUT2D eigenvalue weighted by molar-refractivity contribution is 7.46. The molecular formula is C35H29NO4P2. The van der Waals surface area contributed by atoms with Crippen molar-refractivity contribution in [2.75, 3.05) is 0 Å². The zero-order chi connectivity index (χ0) is 28.4. The minimum atomic E-state index is -1.62. The number of hydrogen-bond donors (Lipinski definition) is 0. The van der Waals surface area contributed by atoms with Crippen LogP contribution in [-0.2, 0) is 5.41 Å². The van der Waals surface area contributed by atoms with Gasteiger partial charge in [0.05, 0.1) is 16.5 Å². The van der Waals surface area contributed by atoms with Crippen molar-refractivity contribution < 1.29 is 18.5 Å². The summed E-state index contributed by atoms with van der Waals surface area (Å²) >= 11 is 0. The normalized spacial score (nSPS) is 16.9. The number of rotatable bonds is 4. The van der Waals surface area contributed by atoms with E-state index in [0.29, 0.717) is 0 Å². The van der Waals surface area contributed by atoms with E-state index in [-0.39, 0.29) is 11.8 Å². The molecule has 208 valence electrons. The van der Waals surface area contributed by atoms with Gasteiger partial charge in [0.15, 0.2) is 0 Å². The second-order valence-corrected chi connectivity index (χ2v) is 13.1. The summed E-state index contributed by atoms with van der Waals surface area (Å²) in [5.74, 6) is 4.68. The van der Waals surface area contributed by atoms with Crippen LogP contribution in [-0.4, -0.2) is 10.5 Å². The molecule has 0 radical (unpaired) electrons. The fraction of sp³-hybridized carbons (Fsp3) is 0.143.